The van der Waals surface area contributed by atoms with Gasteiger partial charge in [0.1, 0.15) is 0 Å². The number of benzene rings is 1. The lowest BCUT2D eigenvalue weighted by Gasteiger charge is -2.35. The van der Waals surface area contributed by atoms with Crippen LogP contribution in [0.2, 0.25) is 0 Å². The predicted octanol–water partition coefficient (Wildman–Crippen LogP) is 1.95. The monoisotopic (exact) mass is 291 g/mol. The molecule has 1 aromatic carbocycles. The molecule has 1 heterocycles. The molecule has 5 heteroatoms. The summed E-state index contributed by atoms with van der Waals surface area (Å²) in [6.07, 6.45) is 1.66. The van der Waals surface area contributed by atoms with E-state index in [1.165, 1.54) is 0 Å². The molecule has 1 saturated heterocycles. The number of ether oxygens (including phenoxy) is 1. The summed E-state index contributed by atoms with van der Waals surface area (Å²) < 4.78 is 5.40. The summed E-state index contributed by atoms with van der Waals surface area (Å²) in [5.74, 6) is -0.874. The number of nitrogens with zero attached hydrogens (tertiary/aromatic N) is 1. The molecule has 2 rings (SSSR count). The third-order valence-corrected chi connectivity index (χ3v) is 3.88. The highest BCUT2D eigenvalue weighted by molar-refractivity contribution is 5.89. The van der Waals surface area contributed by atoms with E-state index in [9.17, 15) is 9.59 Å². The Bertz CT molecular complexity index is 515. The average molecular weight is 291 g/mol. The number of carboxylic acid groups (broad SMARTS) is 1. The number of hydrogen-bond acceptors (Lipinski definition) is 3. The van der Waals surface area contributed by atoms with Crippen LogP contribution in [0.15, 0.2) is 24.3 Å². The van der Waals surface area contributed by atoms with Gasteiger partial charge in [0.15, 0.2) is 0 Å². The minimum absolute atomic E-state index is 0.0744. The third kappa shape index (κ3) is 3.82. The second-order valence-corrected chi connectivity index (χ2v) is 5.19. The summed E-state index contributed by atoms with van der Waals surface area (Å²) in [4.78, 5) is 25.4. The molecule has 1 fully saturated rings. The van der Waals surface area contributed by atoms with Crippen molar-refractivity contribution in [2.75, 3.05) is 19.8 Å². The van der Waals surface area contributed by atoms with E-state index in [0.717, 1.165) is 6.42 Å². The van der Waals surface area contributed by atoms with E-state index in [1.807, 2.05) is 11.8 Å². The number of rotatable bonds is 5. The first-order valence-electron chi connectivity index (χ1n) is 7.32. The minimum atomic E-state index is -0.948. The van der Waals surface area contributed by atoms with Crippen LogP contribution in [0.5, 0.6) is 0 Å². The quantitative estimate of drug-likeness (QED) is 0.900. The summed E-state index contributed by atoms with van der Waals surface area (Å²) >= 11 is 0. The van der Waals surface area contributed by atoms with Crippen molar-refractivity contribution in [3.63, 3.8) is 0 Å². The fourth-order valence-electron chi connectivity index (χ4n) is 2.65. The summed E-state index contributed by atoms with van der Waals surface area (Å²) in [7, 11) is 0. The van der Waals surface area contributed by atoms with Gasteiger partial charge in [0.2, 0.25) is 5.91 Å². The smallest absolute Gasteiger partial charge is 0.335 e. The van der Waals surface area contributed by atoms with Crippen LogP contribution in [-0.4, -0.2) is 47.7 Å². The lowest BCUT2D eigenvalue weighted by atomic mass is 10.0. The fourth-order valence-corrected chi connectivity index (χ4v) is 2.65. The average Bonchev–Trinajstić information content (AvgIpc) is 2.52. The number of hydrogen-bond donors (Lipinski definition) is 1. The Kier molecular flexibility index (Phi) is 5.33. The highest BCUT2D eigenvalue weighted by atomic mass is 16.5. The summed E-state index contributed by atoms with van der Waals surface area (Å²) in [6.45, 7) is 3.83. The number of carbonyl (C=O) groups is 2. The van der Waals surface area contributed by atoms with Crippen molar-refractivity contribution in [2.45, 2.75) is 32.2 Å². The van der Waals surface area contributed by atoms with Gasteiger partial charge in [-0.2, -0.15) is 0 Å². The van der Waals surface area contributed by atoms with Crippen LogP contribution >= 0.6 is 0 Å². The SMILES string of the molecule is CCC1COCCN1C(=O)CCc1ccccc1C(=O)O. The third-order valence-electron chi connectivity index (χ3n) is 3.88. The van der Waals surface area contributed by atoms with Gasteiger partial charge in [-0.3, -0.25) is 4.79 Å². The Morgan fingerprint density at radius 2 is 2.14 bits per heavy atom. The number of aromatic carboxylic acids is 1. The van der Waals surface area contributed by atoms with Crippen molar-refractivity contribution in [1.29, 1.82) is 0 Å². The fraction of sp³-hybridized carbons (Fsp3) is 0.500. The molecule has 21 heavy (non-hydrogen) atoms. The van der Waals surface area contributed by atoms with E-state index in [1.54, 1.807) is 24.3 Å². The van der Waals surface area contributed by atoms with Crippen LogP contribution in [0, 0.1) is 0 Å². The van der Waals surface area contributed by atoms with Crippen LogP contribution in [0.1, 0.15) is 35.7 Å². The second kappa shape index (κ2) is 7.22. The zero-order valence-corrected chi connectivity index (χ0v) is 12.2. The molecule has 1 aliphatic rings. The number of aryl methyl sites for hydroxylation is 1. The van der Waals surface area contributed by atoms with E-state index in [2.05, 4.69) is 0 Å². The van der Waals surface area contributed by atoms with Gasteiger partial charge >= 0.3 is 5.97 Å². The zero-order valence-electron chi connectivity index (χ0n) is 12.2. The Balaban J connectivity index is 1.99. The molecule has 0 saturated carbocycles. The van der Waals surface area contributed by atoms with Crippen molar-refractivity contribution in [3.8, 4) is 0 Å². The number of carboxylic acids is 1. The van der Waals surface area contributed by atoms with Gasteiger partial charge in [-0.05, 0) is 24.5 Å². The molecule has 1 aliphatic heterocycles. The molecular formula is C16H21NO4. The number of morpholine rings is 1. The van der Waals surface area contributed by atoms with Gasteiger partial charge in [-0.15, -0.1) is 0 Å². The Hall–Kier alpha value is -1.88. The standard InChI is InChI=1S/C16H21NO4/c1-2-13-11-21-10-9-17(13)15(18)8-7-12-5-3-4-6-14(12)16(19)20/h3-6,13H,2,7-11H2,1H3,(H,19,20). The summed E-state index contributed by atoms with van der Waals surface area (Å²) in [6, 6.07) is 6.99. The molecule has 1 atom stereocenters. The minimum Gasteiger partial charge on any atom is -0.478 e. The Labute approximate surface area is 124 Å². The van der Waals surface area contributed by atoms with E-state index < -0.39 is 5.97 Å². The van der Waals surface area contributed by atoms with E-state index in [4.69, 9.17) is 9.84 Å². The van der Waals surface area contributed by atoms with E-state index in [0.29, 0.717) is 38.2 Å². The Morgan fingerprint density at radius 3 is 2.86 bits per heavy atom. The summed E-state index contributed by atoms with van der Waals surface area (Å²) in [5, 5.41) is 9.15. The maximum atomic E-state index is 12.3. The molecule has 114 valence electrons. The molecule has 1 N–H and O–H groups in total. The maximum Gasteiger partial charge on any atom is 0.335 e. The molecule has 0 bridgehead atoms. The van der Waals surface area contributed by atoms with Crippen LogP contribution in [0.25, 0.3) is 0 Å². The van der Waals surface area contributed by atoms with Gasteiger partial charge in [0, 0.05) is 13.0 Å². The van der Waals surface area contributed by atoms with E-state index >= 15 is 0 Å². The number of amides is 1. The van der Waals surface area contributed by atoms with Gasteiger partial charge in [0.25, 0.3) is 0 Å². The van der Waals surface area contributed by atoms with Crippen LogP contribution in [0.4, 0.5) is 0 Å². The van der Waals surface area contributed by atoms with Crippen molar-refractivity contribution < 1.29 is 19.4 Å². The normalized spacial score (nSPS) is 18.5. The molecular weight excluding hydrogens is 270 g/mol. The maximum absolute atomic E-state index is 12.3. The molecule has 0 aromatic heterocycles. The molecule has 0 radical (unpaired) electrons. The predicted molar refractivity (Wildman–Crippen MR) is 78.3 cm³/mol. The van der Waals surface area contributed by atoms with E-state index in [-0.39, 0.29) is 17.5 Å². The van der Waals surface area contributed by atoms with Gasteiger partial charge in [0.05, 0.1) is 24.8 Å². The van der Waals surface area contributed by atoms with Gasteiger partial charge in [-0.25, -0.2) is 4.79 Å². The van der Waals surface area contributed by atoms with Crippen molar-refractivity contribution in [2.24, 2.45) is 0 Å². The van der Waals surface area contributed by atoms with Crippen LogP contribution in [0.3, 0.4) is 0 Å². The van der Waals surface area contributed by atoms with Crippen molar-refractivity contribution in [1.82, 2.24) is 4.90 Å². The van der Waals surface area contributed by atoms with Gasteiger partial charge in [-0.1, -0.05) is 25.1 Å². The second-order valence-electron chi connectivity index (χ2n) is 5.19. The summed E-state index contributed by atoms with van der Waals surface area (Å²) in [5.41, 5.74) is 0.985. The highest BCUT2D eigenvalue weighted by Crippen LogP contribution is 2.15. The Morgan fingerprint density at radius 1 is 1.38 bits per heavy atom. The molecule has 1 unspecified atom stereocenters. The molecule has 1 aromatic rings. The molecule has 0 aliphatic carbocycles. The molecule has 5 nitrogen and oxygen atoms in total. The van der Waals surface area contributed by atoms with Crippen LogP contribution in [-0.2, 0) is 16.0 Å². The van der Waals surface area contributed by atoms with Crippen molar-refractivity contribution >= 4 is 11.9 Å². The highest BCUT2D eigenvalue weighted by Gasteiger charge is 2.25. The zero-order chi connectivity index (χ0) is 15.2. The first-order valence-corrected chi connectivity index (χ1v) is 7.32. The van der Waals surface area contributed by atoms with Crippen LogP contribution < -0.4 is 0 Å². The van der Waals surface area contributed by atoms with Gasteiger partial charge < -0.3 is 14.7 Å². The first kappa shape index (κ1) is 15.5. The lowest BCUT2D eigenvalue weighted by molar-refractivity contribution is -0.139. The molecule has 0 spiro atoms. The first-order chi connectivity index (χ1) is 10.1. The number of carbonyl (C=O) groups excluding carboxylic acids is 1. The lowest BCUT2D eigenvalue weighted by Crippen LogP contribution is -2.48. The van der Waals surface area contributed by atoms with Crippen molar-refractivity contribution in [3.05, 3.63) is 35.4 Å². The topological polar surface area (TPSA) is 66.8 Å². The largest absolute Gasteiger partial charge is 0.478 e. The molecule has 1 amide bonds.